The molecular weight excluding hydrogens is 264 g/mol. The van der Waals surface area contributed by atoms with Gasteiger partial charge in [0.05, 0.1) is 6.54 Å². The first-order chi connectivity index (χ1) is 10.1. The predicted molar refractivity (Wildman–Crippen MR) is 87.4 cm³/mol. The Balaban J connectivity index is 2.30. The minimum Gasteiger partial charge on any atom is -0.398 e. The monoisotopic (exact) mass is 286 g/mol. The van der Waals surface area contributed by atoms with Gasteiger partial charge < -0.3 is 15.5 Å². The molecule has 0 saturated heterocycles. The van der Waals surface area contributed by atoms with Gasteiger partial charge in [-0.3, -0.25) is 9.78 Å². The molecule has 5 heteroatoms. The third-order valence-electron chi connectivity index (χ3n) is 3.73. The first kappa shape index (κ1) is 15.1. The highest BCUT2D eigenvalue weighted by atomic mass is 16.2. The van der Waals surface area contributed by atoms with Crippen LogP contribution in [0.2, 0.25) is 0 Å². The Labute approximate surface area is 125 Å². The summed E-state index contributed by atoms with van der Waals surface area (Å²) in [6.07, 6.45) is 3.52. The molecule has 0 aliphatic rings. The van der Waals surface area contributed by atoms with Crippen molar-refractivity contribution < 1.29 is 4.79 Å². The molecule has 0 radical (unpaired) electrons. The number of aromatic nitrogens is 1. The Morgan fingerprint density at radius 3 is 2.57 bits per heavy atom. The van der Waals surface area contributed by atoms with Crippen molar-refractivity contribution in [2.45, 2.75) is 13.8 Å². The highest BCUT2D eigenvalue weighted by Crippen LogP contribution is 2.29. The standard InChI is InChI=1S/C16H22N4O/c1-4-20(5-2)16(21)11-19(3)15-7-6-14(17)12-8-9-18-10-13(12)15/h6-10H,4-5,11,17H2,1-3H3. The van der Waals surface area contributed by atoms with Gasteiger partial charge >= 0.3 is 0 Å². The van der Waals surface area contributed by atoms with Crippen molar-refractivity contribution in [1.82, 2.24) is 9.88 Å². The molecule has 112 valence electrons. The number of nitrogen functional groups attached to an aromatic ring is 1. The largest absolute Gasteiger partial charge is 0.398 e. The van der Waals surface area contributed by atoms with Gasteiger partial charge in [0.2, 0.25) is 5.91 Å². The first-order valence-corrected chi connectivity index (χ1v) is 7.19. The molecule has 2 rings (SSSR count). The maximum Gasteiger partial charge on any atom is 0.242 e. The van der Waals surface area contributed by atoms with Crippen LogP contribution in [-0.2, 0) is 4.79 Å². The number of carbonyl (C=O) groups is 1. The summed E-state index contributed by atoms with van der Waals surface area (Å²) in [4.78, 5) is 20.2. The number of hydrogen-bond donors (Lipinski definition) is 1. The van der Waals surface area contributed by atoms with E-state index in [1.54, 1.807) is 12.4 Å². The number of rotatable bonds is 5. The lowest BCUT2D eigenvalue weighted by Gasteiger charge is -2.25. The van der Waals surface area contributed by atoms with E-state index >= 15 is 0 Å². The van der Waals surface area contributed by atoms with Crippen LogP contribution in [0.5, 0.6) is 0 Å². The molecule has 5 nitrogen and oxygen atoms in total. The Bertz CT molecular complexity index is 637. The van der Waals surface area contributed by atoms with Crippen molar-refractivity contribution in [1.29, 1.82) is 0 Å². The number of fused-ring (bicyclic) bond motifs is 1. The van der Waals surface area contributed by atoms with Crippen molar-refractivity contribution in [2.24, 2.45) is 0 Å². The van der Waals surface area contributed by atoms with Gasteiger partial charge in [0.1, 0.15) is 0 Å². The van der Waals surface area contributed by atoms with Crippen molar-refractivity contribution in [3.63, 3.8) is 0 Å². The Morgan fingerprint density at radius 1 is 1.19 bits per heavy atom. The van der Waals surface area contributed by atoms with Crippen LogP contribution in [-0.4, -0.2) is 42.5 Å². The number of nitrogens with two attached hydrogens (primary N) is 1. The van der Waals surface area contributed by atoms with Crippen molar-refractivity contribution >= 4 is 28.1 Å². The molecule has 2 N–H and O–H groups in total. The summed E-state index contributed by atoms with van der Waals surface area (Å²) in [6, 6.07) is 5.71. The molecule has 1 heterocycles. The molecule has 0 spiro atoms. The van der Waals surface area contributed by atoms with Gasteiger partial charge in [-0.1, -0.05) is 0 Å². The lowest BCUT2D eigenvalue weighted by molar-refractivity contribution is -0.129. The van der Waals surface area contributed by atoms with Gasteiger partial charge in [-0.15, -0.1) is 0 Å². The van der Waals surface area contributed by atoms with Crippen LogP contribution < -0.4 is 10.6 Å². The zero-order valence-electron chi connectivity index (χ0n) is 12.8. The normalized spacial score (nSPS) is 10.6. The molecule has 0 fully saturated rings. The smallest absolute Gasteiger partial charge is 0.242 e. The number of nitrogens with zero attached hydrogens (tertiary/aromatic N) is 3. The molecule has 21 heavy (non-hydrogen) atoms. The van der Waals surface area contributed by atoms with Crippen molar-refractivity contribution in [3.8, 4) is 0 Å². The minimum absolute atomic E-state index is 0.122. The second-order valence-corrected chi connectivity index (χ2v) is 5.02. The van der Waals surface area contributed by atoms with E-state index in [-0.39, 0.29) is 5.91 Å². The van der Waals surface area contributed by atoms with Crippen LogP contribution in [0.1, 0.15) is 13.8 Å². The van der Waals surface area contributed by atoms with Crippen LogP contribution in [0.15, 0.2) is 30.6 Å². The molecule has 2 aromatic rings. The summed E-state index contributed by atoms with van der Waals surface area (Å²) >= 11 is 0. The molecule has 0 unspecified atom stereocenters. The third-order valence-corrected chi connectivity index (χ3v) is 3.73. The van der Waals surface area contributed by atoms with Crippen LogP contribution in [0.25, 0.3) is 10.8 Å². The zero-order valence-corrected chi connectivity index (χ0v) is 12.8. The quantitative estimate of drug-likeness (QED) is 0.855. The van der Waals surface area contributed by atoms with Gasteiger partial charge in [-0.25, -0.2) is 0 Å². The second kappa shape index (κ2) is 6.43. The number of hydrogen-bond acceptors (Lipinski definition) is 4. The van der Waals surface area contributed by atoms with Crippen molar-refractivity contribution in [2.75, 3.05) is 37.3 Å². The molecule has 1 aromatic heterocycles. The third kappa shape index (κ3) is 3.07. The fourth-order valence-corrected chi connectivity index (χ4v) is 2.50. The maximum absolute atomic E-state index is 12.2. The van der Waals surface area contributed by atoms with E-state index in [2.05, 4.69) is 4.98 Å². The van der Waals surface area contributed by atoms with E-state index in [1.165, 1.54) is 0 Å². The summed E-state index contributed by atoms with van der Waals surface area (Å²) in [6.45, 7) is 5.78. The topological polar surface area (TPSA) is 62.5 Å². The summed E-state index contributed by atoms with van der Waals surface area (Å²) in [5, 5.41) is 1.93. The Morgan fingerprint density at radius 2 is 1.90 bits per heavy atom. The van der Waals surface area contributed by atoms with Crippen LogP contribution in [0.4, 0.5) is 11.4 Å². The summed E-state index contributed by atoms with van der Waals surface area (Å²) in [5.41, 5.74) is 7.68. The molecule has 0 bridgehead atoms. The van der Waals surface area contributed by atoms with Crippen LogP contribution in [0.3, 0.4) is 0 Å². The number of pyridine rings is 1. The number of carbonyl (C=O) groups excluding carboxylic acids is 1. The average Bonchev–Trinajstić information content (AvgIpc) is 2.49. The van der Waals surface area contributed by atoms with E-state index in [9.17, 15) is 4.79 Å². The fraction of sp³-hybridized carbons (Fsp3) is 0.375. The van der Waals surface area contributed by atoms with E-state index in [0.29, 0.717) is 6.54 Å². The molecule has 1 aromatic carbocycles. The number of benzene rings is 1. The number of anilines is 2. The lowest BCUT2D eigenvalue weighted by atomic mass is 10.1. The molecule has 0 aliphatic carbocycles. The van der Waals surface area contributed by atoms with E-state index in [1.807, 2.05) is 48.9 Å². The maximum atomic E-state index is 12.2. The van der Waals surface area contributed by atoms with Gasteiger partial charge in [0.15, 0.2) is 0 Å². The average molecular weight is 286 g/mol. The second-order valence-electron chi connectivity index (χ2n) is 5.02. The molecular formula is C16H22N4O. The van der Waals surface area contributed by atoms with Crippen LogP contribution in [0, 0.1) is 0 Å². The Kier molecular flexibility index (Phi) is 4.62. The van der Waals surface area contributed by atoms with Gasteiger partial charge in [0.25, 0.3) is 0 Å². The number of amides is 1. The molecule has 1 amide bonds. The summed E-state index contributed by atoms with van der Waals surface area (Å²) < 4.78 is 0. The lowest BCUT2D eigenvalue weighted by Crippen LogP contribution is -2.38. The van der Waals surface area contributed by atoms with E-state index in [0.717, 1.165) is 35.2 Å². The fourth-order valence-electron chi connectivity index (χ4n) is 2.50. The number of likely N-dealkylation sites (N-methyl/N-ethyl adjacent to an activating group) is 2. The van der Waals surface area contributed by atoms with E-state index in [4.69, 9.17) is 5.73 Å². The Hall–Kier alpha value is -2.30. The highest BCUT2D eigenvalue weighted by molar-refractivity contribution is 6.01. The predicted octanol–water partition coefficient (Wildman–Crippen LogP) is 2.12. The van der Waals surface area contributed by atoms with Gasteiger partial charge in [-0.05, 0) is 32.0 Å². The zero-order chi connectivity index (χ0) is 15.4. The SMILES string of the molecule is CCN(CC)C(=O)CN(C)c1ccc(N)c2ccncc12. The van der Waals surface area contributed by atoms with Crippen molar-refractivity contribution in [3.05, 3.63) is 30.6 Å². The molecule has 0 aliphatic heterocycles. The summed E-state index contributed by atoms with van der Waals surface area (Å²) in [5.74, 6) is 0.122. The molecule has 0 atom stereocenters. The minimum atomic E-state index is 0.122. The van der Waals surface area contributed by atoms with Gasteiger partial charge in [-0.2, -0.15) is 0 Å². The summed E-state index contributed by atoms with van der Waals surface area (Å²) in [7, 11) is 1.92. The van der Waals surface area contributed by atoms with Gasteiger partial charge in [0, 0.05) is 54.7 Å². The first-order valence-electron chi connectivity index (χ1n) is 7.19. The van der Waals surface area contributed by atoms with E-state index < -0.39 is 0 Å². The van der Waals surface area contributed by atoms with Crippen LogP contribution >= 0.6 is 0 Å². The highest BCUT2D eigenvalue weighted by Gasteiger charge is 2.15. The molecule has 0 saturated carbocycles.